The molecule has 0 aliphatic carbocycles. The molecular weight excluding hydrogens is 446 g/mol. The van der Waals surface area contributed by atoms with Gasteiger partial charge < -0.3 is 0 Å². The van der Waals surface area contributed by atoms with Gasteiger partial charge in [-0.25, -0.2) is 0 Å². The van der Waals surface area contributed by atoms with Gasteiger partial charge >= 0.3 is 0 Å². The Morgan fingerprint density at radius 3 is 1.81 bits per heavy atom. The minimum absolute atomic E-state index is 1.04. The number of rotatable bonds is 2. The summed E-state index contributed by atoms with van der Waals surface area (Å²) < 4.78 is 0. The van der Waals surface area contributed by atoms with Gasteiger partial charge in [-0.3, -0.25) is 4.98 Å². The van der Waals surface area contributed by atoms with E-state index in [1.807, 2.05) is 12.4 Å². The summed E-state index contributed by atoms with van der Waals surface area (Å²) in [5.74, 6) is 0. The van der Waals surface area contributed by atoms with Crippen LogP contribution in [-0.4, -0.2) is 4.98 Å². The van der Waals surface area contributed by atoms with Crippen molar-refractivity contribution in [2.24, 2.45) is 0 Å². The van der Waals surface area contributed by atoms with Gasteiger partial charge in [0.1, 0.15) is 5.56 Å². The molecule has 0 saturated carbocycles. The molecule has 1 heteroatoms. The highest BCUT2D eigenvalue weighted by Crippen LogP contribution is 2.46. The largest absolute Gasteiger partial charge is 0.265 e. The first kappa shape index (κ1) is 20.3. The lowest BCUT2D eigenvalue weighted by Gasteiger charge is -2.19. The molecule has 0 unspecified atom stereocenters. The van der Waals surface area contributed by atoms with Gasteiger partial charge in [0, 0.05) is 40.9 Å². The van der Waals surface area contributed by atoms with Crippen LogP contribution in [0.2, 0.25) is 0 Å². The predicted molar refractivity (Wildman–Crippen MR) is 158 cm³/mol. The summed E-state index contributed by atoms with van der Waals surface area (Å²) in [6.07, 6.45) is 3.76. The van der Waals surface area contributed by atoms with Gasteiger partial charge in [0.15, 0.2) is 0 Å². The third-order valence-electron chi connectivity index (χ3n) is 7.83. The quantitative estimate of drug-likeness (QED) is 0.182. The summed E-state index contributed by atoms with van der Waals surface area (Å²) in [4.78, 5) is 4.29. The minimum Gasteiger partial charge on any atom is -0.265 e. The maximum absolute atomic E-state index is 4.29. The number of hydrogen-bond donors (Lipinski definition) is 0. The van der Waals surface area contributed by atoms with Gasteiger partial charge in [-0.15, -0.1) is 0 Å². The van der Waals surface area contributed by atoms with Gasteiger partial charge in [0.2, 0.25) is 0 Å². The number of nitrogens with zero attached hydrogens (tertiary/aromatic N) is 1. The Labute approximate surface area is 215 Å². The van der Waals surface area contributed by atoms with Crippen molar-refractivity contribution in [1.82, 2.24) is 4.98 Å². The third kappa shape index (κ3) is 2.92. The van der Waals surface area contributed by atoms with Crippen molar-refractivity contribution in [2.45, 2.75) is 0 Å². The summed E-state index contributed by atoms with van der Waals surface area (Å²) in [5.41, 5.74) is 5.98. The summed E-state index contributed by atoms with van der Waals surface area (Å²) in [6, 6.07) is 40.0. The molecular formula is C36H22N+. The Kier molecular flexibility index (Phi) is 4.15. The molecule has 1 heterocycles. The van der Waals surface area contributed by atoms with E-state index in [-0.39, 0.29) is 0 Å². The van der Waals surface area contributed by atoms with Crippen molar-refractivity contribution >= 4 is 53.9 Å². The Hall–Kier alpha value is -4.88. The SMILES string of the molecule is [CH2+]c1cc2ccc3c(-c4ccncc4)cc(-c4cc5ccccc5c5ccccc45)c4ccc(c1)c2c34. The molecule has 1 aromatic heterocycles. The highest BCUT2D eigenvalue weighted by Gasteiger charge is 2.20. The molecule has 0 saturated heterocycles. The first-order valence-electron chi connectivity index (χ1n) is 12.6. The molecule has 7 aromatic carbocycles. The maximum atomic E-state index is 4.29. The van der Waals surface area contributed by atoms with E-state index in [9.17, 15) is 0 Å². The van der Waals surface area contributed by atoms with E-state index in [2.05, 4.69) is 121 Å². The van der Waals surface area contributed by atoms with E-state index in [0.29, 0.717) is 0 Å². The molecule has 0 N–H and O–H groups in total. The van der Waals surface area contributed by atoms with Crippen LogP contribution in [0.3, 0.4) is 0 Å². The fraction of sp³-hybridized carbons (Fsp3) is 0. The molecule has 37 heavy (non-hydrogen) atoms. The Bertz CT molecular complexity index is 2120. The van der Waals surface area contributed by atoms with Gasteiger partial charge in [-0.2, -0.15) is 0 Å². The second-order valence-corrected chi connectivity index (χ2v) is 9.92. The number of pyridine rings is 1. The zero-order chi connectivity index (χ0) is 24.5. The van der Waals surface area contributed by atoms with Crippen LogP contribution >= 0.6 is 0 Å². The fourth-order valence-electron chi connectivity index (χ4n) is 6.25. The van der Waals surface area contributed by atoms with E-state index in [1.165, 1.54) is 76.1 Å². The summed E-state index contributed by atoms with van der Waals surface area (Å²) in [5, 5.41) is 12.8. The van der Waals surface area contributed by atoms with E-state index < -0.39 is 0 Å². The topological polar surface area (TPSA) is 12.9 Å². The second kappa shape index (κ2) is 7.56. The van der Waals surface area contributed by atoms with E-state index >= 15 is 0 Å². The lowest BCUT2D eigenvalue weighted by Crippen LogP contribution is -1.93. The standard InChI is InChI=1S/C36H22N/c1-22-18-25-10-12-30-32(23-14-16-37-17-15-23)21-34(31-13-11-26(19-22)35(25)36(30)31)33-20-24-6-2-3-7-27(24)28-8-4-5-9-29(28)33/h2-21H,1H2/q+1. The molecule has 170 valence electrons. The lowest BCUT2D eigenvalue weighted by molar-refractivity contribution is 1.33. The molecule has 0 radical (unpaired) electrons. The van der Waals surface area contributed by atoms with Gasteiger partial charge in [0.25, 0.3) is 0 Å². The van der Waals surface area contributed by atoms with Crippen molar-refractivity contribution in [3.8, 4) is 22.3 Å². The average Bonchev–Trinajstić information content (AvgIpc) is 2.95. The molecule has 0 aliphatic heterocycles. The van der Waals surface area contributed by atoms with Crippen LogP contribution in [-0.2, 0) is 0 Å². The smallest absolute Gasteiger partial charge is 0.128 e. The number of aromatic nitrogens is 1. The first-order valence-corrected chi connectivity index (χ1v) is 12.6. The lowest BCUT2D eigenvalue weighted by atomic mass is 9.84. The van der Waals surface area contributed by atoms with Gasteiger partial charge in [0.05, 0.1) is 12.1 Å². The molecule has 0 amide bonds. The van der Waals surface area contributed by atoms with Crippen LogP contribution in [0, 0.1) is 6.92 Å². The van der Waals surface area contributed by atoms with Crippen molar-refractivity contribution < 1.29 is 0 Å². The first-order chi connectivity index (χ1) is 18.3. The Morgan fingerprint density at radius 1 is 0.432 bits per heavy atom. The molecule has 0 atom stereocenters. The maximum Gasteiger partial charge on any atom is 0.128 e. The minimum atomic E-state index is 1.04. The van der Waals surface area contributed by atoms with Crippen LogP contribution in [0.1, 0.15) is 5.56 Å². The van der Waals surface area contributed by atoms with E-state index in [4.69, 9.17) is 0 Å². The zero-order valence-electron chi connectivity index (χ0n) is 20.2. The van der Waals surface area contributed by atoms with Crippen molar-refractivity contribution in [3.63, 3.8) is 0 Å². The molecule has 0 fully saturated rings. The number of fused-ring (bicyclic) bond motifs is 3. The monoisotopic (exact) mass is 468 g/mol. The van der Waals surface area contributed by atoms with Crippen LogP contribution in [0.4, 0.5) is 0 Å². The van der Waals surface area contributed by atoms with Crippen LogP contribution in [0.5, 0.6) is 0 Å². The van der Waals surface area contributed by atoms with E-state index in [0.717, 1.165) is 5.56 Å². The highest BCUT2D eigenvalue weighted by atomic mass is 14.6. The molecule has 0 aliphatic rings. The normalized spacial score (nSPS) is 11.9. The van der Waals surface area contributed by atoms with Crippen LogP contribution in [0.15, 0.2) is 122 Å². The Morgan fingerprint density at radius 2 is 1.05 bits per heavy atom. The molecule has 0 spiro atoms. The molecule has 8 aromatic rings. The average molecular weight is 469 g/mol. The third-order valence-corrected chi connectivity index (χ3v) is 7.83. The summed E-state index contributed by atoms with van der Waals surface area (Å²) in [7, 11) is 0. The highest BCUT2D eigenvalue weighted by molar-refractivity contribution is 6.29. The van der Waals surface area contributed by atoms with Crippen molar-refractivity contribution in [1.29, 1.82) is 0 Å². The predicted octanol–water partition coefficient (Wildman–Crippen LogP) is 9.80. The molecule has 0 bridgehead atoms. The van der Waals surface area contributed by atoms with Gasteiger partial charge in [-0.1, -0.05) is 60.7 Å². The van der Waals surface area contributed by atoms with Crippen LogP contribution < -0.4 is 0 Å². The zero-order valence-corrected chi connectivity index (χ0v) is 20.2. The summed E-state index contributed by atoms with van der Waals surface area (Å²) in [6.45, 7) is 4.23. The number of benzene rings is 7. The van der Waals surface area contributed by atoms with Crippen LogP contribution in [0.25, 0.3) is 76.1 Å². The molecule has 1 nitrogen and oxygen atoms in total. The van der Waals surface area contributed by atoms with E-state index in [1.54, 1.807) is 0 Å². The number of hydrogen-bond acceptors (Lipinski definition) is 1. The van der Waals surface area contributed by atoms with Crippen molar-refractivity contribution in [3.05, 3.63) is 134 Å². The fourth-order valence-corrected chi connectivity index (χ4v) is 6.25. The Balaban J connectivity index is 1.61. The molecule has 8 rings (SSSR count). The second-order valence-electron chi connectivity index (χ2n) is 9.92. The van der Waals surface area contributed by atoms with Gasteiger partial charge in [-0.05, 0) is 91.0 Å². The summed E-state index contributed by atoms with van der Waals surface area (Å²) >= 11 is 0. The van der Waals surface area contributed by atoms with Crippen molar-refractivity contribution in [2.75, 3.05) is 0 Å².